The molecule has 2 aromatic heterocycles. The first-order chi connectivity index (χ1) is 17.6. The summed E-state index contributed by atoms with van der Waals surface area (Å²) in [5.41, 5.74) is 0.927. The highest BCUT2D eigenvalue weighted by molar-refractivity contribution is 7.99. The van der Waals surface area contributed by atoms with Gasteiger partial charge in [-0.1, -0.05) is 0 Å². The maximum Gasteiger partial charge on any atom is 0.204 e. The SMILES string of the molecule is COc1c(Nc2cc(C)[nH]n2)nc(Sc2ccc(S(C)(=O)=O)cc2)nc1N1CCC(CCN(C)C)CC1. The van der Waals surface area contributed by atoms with Crippen LogP contribution in [0.5, 0.6) is 5.75 Å². The second kappa shape index (κ2) is 11.7. The lowest BCUT2D eigenvalue weighted by Crippen LogP contribution is -2.35. The fraction of sp³-hybridized carbons (Fsp3) is 0.480. The molecule has 1 saturated heterocycles. The van der Waals surface area contributed by atoms with Gasteiger partial charge in [0.05, 0.1) is 12.0 Å². The van der Waals surface area contributed by atoms with Gasteiger partial charge in [-0.15, -0.1) is 0 Å². The van der Waals surface area contributed by atoms with Crippen molar-refractivity contribution < 1.29 is 13.2 Å². The highest BCUT2D eigenvalue weighted by Crippen LogP contribution is 2.39. The van der Waals surface area contributed by atoms with E-state index in [1.54, 1.807) is 31.4 Å². The molecule has 10 nitrogen and oxygen atoms in total. The first kappa shape index (κ1) is 27.2. The van der Waals surface area contributed by atoms with E-state index in [1.807, 2.05) is 13.0 Å². The first-order valence-corrected chi connectivity index (χ1v) is 15.0. The topological polar surface area (TPSA) is 116 Å². The Labute approximate surface area is 223 Å². The molecule has 1 aliphatic heterocycles. The van der Waals surface area contributed by atoms with Crippen LogP contribution in [0.4, 0.5) is 17.5 Å². The van der Waals surface area contributed by atoms with Gasteiger partial charge in [-0.25, -0.2) is 18.4 Å². The number of aryl methyl sites for hydroxylation is 1. The average molecular weight is 546 g/mol. The van der Waals surface area contributed by atoms with Gasteiger partial charge in [-0.3, -0.25) is 5.10 Å². The molecule has 1 fully saturated rings. The molecule has 12 heteroatoms. The molecule has 0 bridgehead atoms. The normalized spacial score (nSPS) is 14.8. The van der Waals surface area contributed by atoms with Gasteiger partial charge < -0.3 is 19.9 Å². The van der Waals surface area contributed by atoms with Crippen LogP contribution in [0.1, 0.15) is 25.0 Å². The molecule has 0 atom stereocenters. The summed E-state index contributed by atoms with van der Waals surface area (Å²) < 4.78 is 29.5. The number of ether oxygens (including phenoxy) is 1. The molecule has 4 rings (SSSR count). The Balaban J connectivity index is 1.63. The van der Waals surface area contributed by atoms with Gasteiger partial charge in [0, 0.05) is 36.0 Å². The molecule has 37 heavy (non-hydrogen) atoms. The molecule has 0 saturated carbocycles. The molecular formula is C25H35N7O3S2. The third-order valence-corrected chi connectivity index (χ3v) is 8.34. The summed E-state index contributed by atoms with van der Waals surface area (Å²) in [7, 11) is 2.60. The standard InChI is InChI=1S/C25H35N7O3S2/c1-17-16-21(30-29-17)26-23-22(35-4)24(32-14-11-18(12-15-32)10-13-31(2)3)28-25(27-23)36-19-6-8-20(9-7-19)37(5,33)34/h6-9,16,18H,10-15H2,1-5H3,(H2,26,27,28,29,30). The summed E-state index contributed by atoms with van der Waals surface area (Å²) in [6.45, 7) is 4.80. The van der Waals surface area contributed by atoms with Crippen molar-refractivity contribution in [3.63, 3.8) is 0 Å². The molecule has 3 aromatic rings. The second-order valence-corrected chi connectivity index (χ2v) is 12.7. The van der Waals surface area contributed by atoms with Crippen LogP contribution in [0.2, 0.25) is 0 Å². The lowest BCUT2D eigenvalue weighted by molar-refractivity contribution is 0.311. The van der Waals surface area contributed by atoms with Crippen LogP contribution in [0.25, 0.3) is 0 Å². The van der Waals surface area contributed by atoms with E-state index in [2.05, 4.69) is 39.4 Å². The number of benzene rings is 1. The second-order valence-electron chi connectivity index (χ2n) is 9.64. The predicted molar refractivity (Wildman–Crippen MR) is 147 cm³/mol. The number of aromatic amines is 1. The lowest BCUT2D eigenvalue weighted by Gasteiger charge is -2.34. The van der Waals surface area contributed by atoms with Crippen LogP contribution in [0.3, 0.4) is 0 Å². The number of methoxy groups -OCH3 is 1. The van der Waals surface area contributed by atoms with E-state index < -0.39 is 9.84 Å². The Kier molecular flexibility index (Phi) is 8.60. The first-order valence-electron chi connectivity index (χ1n) is 12.2. The summed E-state index contributed by atoms with van der Waals surface area (Å²) >= 11 is 1.37. The van der Waals surface area contributed by atoms with Gasteiger partial charge in [-0.05, 0) is 88.8 Å². The minimum Gasteiger partial charge on any atom is -0.490 e. The summed E-state index contributed by atoms with van der Waals surface area (Å²) in [6.07, 6.45) is 4.58. The molecular weight excluding hydrogens is 510 g/mol. The van der Waals surface area contributed by atoms with Crippen molar-refractivity contribution in [2.75, 3.05) is 57.3 Å². The summed E-state index contributed by atoms with van der Waals surface area (Å²) in [6, 6.07) is 8.65. The van der Waals surface area contributed by atoms with Crippen LogP contribution >= 0.6 is 11.8 Å². The summed E-state index contributed by atoms with van der Waals surface area (Å²) in [5, 5.41) is 11.0. The number of rotatable bonds is 10. The smallest absolute Gasteiger partial charge is 0.204 e. The molecule has 0 unspecified atom stereocenters. The average Bonchev–Trinajstić information content (AvgIpc) is 3.27. The number of sulfone groups is 1. The quantitative estimate of drug-likeness (QED) is 0.362. The summed E-state index contributed by atoms with van der Waals surface area (Å²) in [4.78, 5) is 15.3. The van der Waals surface area contributed by atoms with Gasteiger partial charge in [-0.2, -0.15) is 5.10 Å². The fourth-order valence-electron chi connectivity index (χ4n) is 4.29. The van der Waals surface area contributed by atoms with Gasteiger partial charge >= 0.3 is 0 Å². The number of H-pyrrole nitrogens is 1. The predicted octanol–water partition coefficient (Wildman–Crippen LogP) is 3.98. The van der Waals surface area contributed by atoms with Crippen molar-refractivity contribution in [3.05, 3.63) is 36.0 Å². The zero-order chi connectivity index (χ0) is 26.6. The Hall–Kier alpha value is -2.83. The maximum atomic E-state index is 11.8. The zero-order valence-corrected chi connectivity index (χ0v) is 23.6. The number of hydrogen-bond donors (Lipinski definition) is 2. The van der Waals surface area contributed by atoms with Crippen molar-refractivity contribution >= 4 is 39.1 Å². The molecule has 2 N–H and O–H groups in total. The lowest BCUT2D eigenvalue weighted by atomic mass is 9.93. The third kappa shape index (κ3) is 7.14. The molecule has 0 spiro atoms. The number of aromatic nitrogens is 4. The molecule has 0 radical (unpaired) electrons. The van der Waals surface area contributed by atoms with Crippen LogP contribution in [0.15, 0.2) is 45.3 Å². The Morgan fingerprint density at radius 2 is 1.89 bits per heavy atom. The van der Waals surface area contributed by atoms with Gasteiger partial charge in [0.25, 0.3) is 0 Å². The minimum absolute atomic E-state index is 0.279. The zero-order valence-electron chi connectivity index (χ0n) is 22.0. The van der Waals surface area contributed by atoms with E-state index in [9.17, 15) is 8.42 Å². The largest absolute Gasteiger partial charge is 0.490 e. The van der Waals surface area contributed by atoms with Gasteiger partial charge in [0.2, 0.25) is 5.75 Å². The highest BCUT2D eigenvalue weighted by atomic mass is 32.2. The fourth-order valence-corrected chi connectivity index (χ4v) is 5.67. The molecule has 0 amide bonds. The van der Waals surface area contributed by atoms with E-state index in [-0.39, 0.29) is 4.90 Å². The van der Waals surface area contributed by atoms with Gasteiger partial charge in [0.15, 0.2) is 32.4 Å². The van der Waals surface area contributed by atoms with Crippen LogP contribution in [0, 0.1) is 12.8 Å². The number of anilines is 3. The van der Waals surface area contributed by atoms with Crippen molar-refractivity contribution in [2.45, 2.75) is 41.1 Å². The van der Waals surface area contributed by atoms with E-state index in [0.717, 1.165) is 48.9 Å². The molecule has 1 aliphatic rings. The monoisotopic (exact) mass is 545 g/mol. The number of piperidine rings is 1. The van der Waals surface area contributed by atoms with Gasteiger partial charge in [0.1, 0.15) is 0 Å². The minimum atomic E-state index is -3.26. The van der Waals surface area contributed by atoms with Crippen LogP contribution in [-0.4, -0.2) is 80.6 Å². The summed E-state index contributed by atoms with van der Waals surface area (Å²) in [5.74, 6) is 3.18. The van der Waals surface area contributed by atoms with Crippen LogP contribution in [-0.2, 0) is 9.84 Å². The van der Waals surface area contributed by atoms with Crippen LogP contribution < -0.4 is 15.0 Å². The van der Waals surface area contributed by atoms with Crippen molar-refractivity contribution in [2.24, 2.45) is 5.92 Å². The Morgan fingerprint density at radius 1 is 1.19 bits per heavy atom. The number of nitrogens with one attached hydrogen (secondary N) is 2. The molecule has 3 heterocycles. The van der Waals surface area contributed by atoms with Crippen molar-refractivity contribution in [1.82, 2.24) is 25.1 Å². The molecule has 0 aliphatic carbocycles. The molecule has 200 valence electrons. The van der Waals surface area contributed by atoms with E-state index in [0.29, 0.717) is 28.5 Å². The van der Waals surface area contributed by atoms with E-state index >= 15 is 0 Å². The highest BCUT2D eigenvalue weighted by Gasteiger charge is 2.26. The third-order valence-electron chi connectivity index (χ3n) is 6.34. The van der Waals surface area contributed by atoms with E-state index in [4.69, 9.17) is 14.7 Å². The van der Waals surface area contributed by atoms with Crippen molar-refractivity contribution in [3.8, 4) is 5.75 Å². The van der Waals surface area contributed by atoms with Crippen molar-refractivity contribution in [1.29, 1.82) is 0 Å². The number of nitrogens with zero attached hydrogens (tertiary/aromatic N) is 5. The van der Waals surface area contributed by atoms with E-state index in [1.165, 1.54) is 24.4 Å². The Morgan fingerprint density at radius 3 is 2.46 bits per heavy atom. The maximum absolute atomic E-state index is 11.8. The molecule has 1 aromatic carbocycles. The Bertz CT molecular complexity index is 1300. The number of hydrogen-bond acceptors (Lipinski definition) is 10.